The highest BCUT2D eigenvalue weighted by molar-refractivity contribution is 7.90. The molecular weight excluding hydrogens is 296 g/mol. The van der Waals surface area contributed by atoms with Gasteiger partial charge in [-0.05, 0) is 18.3 Å². The molecule has 0 saturated heterocycles. The average molecular weight is 322 g/mol. The van der Waals surface area contributed by atoms with Crippen LogP contribution < -0.4 is 10.6 Å². The first-order valence-corrected chi connectivity index (χ1v) is 8.89. The van der Waals surface area contributed by atoms with E-state index < -0.39 is 27.9 Å². The van der Waals surface area contributed by atoms with E-state index in [4.69, 9.17) is 5.11 Å². The van der Waals surface area contributed by atoms with Crippen molar-refractivity contribution in [2.45, 2.75) is 46.1 Å². The van der Waals surface area contributed by atoms with E-state index in [1.54, 1.807) is 0 Å². The van der Waals surface area contributed by atoms with Crippen LogP contribution in [0.4, 0.5) is 4.79 Å². The first kappa shape index (κ1) is 19.7. The SMILES string of the molecule is CC(C)(C)CC(CC(=O)O)NC(=O)NCCCS(C)(=O)=O. The number of hydrogen-bond donors (Lipinski definition) is 3. The molecule has 0 radical (unpaired) electrons. The lowest BCUT2D eigenvalue weighted by Gasteiger charge is -2.25. The molecule has 2 amide bonds. The molecule has 8 heteroatoms. The highest BCUT2D eigenvalue weighted by atomic mass is 32.2. The van der Waals surface area contributed by atoms with Gasteiger partial charge in [-0.15, -0.1) is 0 Å². The van der Waals surface area contributed by atoms with E-state index in [2.05, 4.69) is 10.6 Å². The Bertz CT molecular complexity index is 454. The van der Waals surface area contributed by atoms with Crippen LogP contribution in [-0.2, 0) is 14.6 Å². The molecule has 0 aromatic heterocycles. The molecule has 0 aliphatic heterocycles. The zero-order chi connectivity index (χ0) is 16.7. The van der Waals surface area contributed by atoms with Crippen LogP contribution in [0, 0.1) is 5.41 Å². The van der Waals surface area contributed by atoms with E-state index in [-0.39, 0.29) is 24.1 Å². The van der Waals surface area contributed by atoms with Crippen molar-refractivity contribution >= 4 is 21.8 Å². The van der Waals surface area contributed by atoms with Crippen molar-refractivity contribution in [2.24, 2.45) is 5.41 Å². The number of carboxylic acids is 1. The summed E-state index contributed by atoms with van der Waals surface area (Å²) in [4.78, 5) is 22.5. The van der Waals surface area contributed by atoms with Gasteiger partial charge in [0.15, 0.2) is 0 Å². The normalized spacial score (nSPS) is 13.5. The molecule has 0 aromatic carbocycles. The molecular formula is C13H26N2O5S. The molecule has 0 aliphatic rings. The van der Waals surface area contributed by atoms with E-state index in [0.717, 1.165) is 6.26 Å². The highest BCUT2D eigenvalue weighted by Gasteiger charge is 2.22. The molecule has 1 atom stereocenters. The molecule has 0 saturated carbocycles. The molecule has 0 heterocycles. The third kappa shape index (κ3) is 13.4. The fourth-order valence-corrected chi connectivity index (χ4v) is 2.57. The summed E-state index contributed by atoms with van der Waals surface area (Å²) in [5, 5.41) is 14.0. The topological polar surface area (TPSA) is 113 Å². The van der Waals surface area contributed by atoms with Gasteiger partial charge in [0.25, 0.3) is 0 Å². The molecule has 0 aromatic rings. The Kier molecular flexibility index (Phi) is 7.70. The van der Waals surface area contributed by atoms with E-state index in [1.165, 1.54) is 0 Å². The monoisotopic (exact) mass is 322 g/mol. The van der Waals surface area contributed by atoms with Gasteiger partial charge in [0.05, 0.1) is 12.2 Å². The van der Waals surface area contributed by atoms with Gasteiger partial charge in [-0.2, -0.15) is 0 Å². The third-order valence-electron chi connectivity index (χ3n) is 2.59. The summed E-state index contributed by atoms with van der Waals surface area (Å²) < 4.78 is 21.9. The van der Waals surface area contributed by atoms with Crippen molar-refractivity contribution in [3.8, 4) is 0 Å². The Morgan fingerprint density at radius 1 is 1.24 bits per heavy atom. The highest BCUT2D eigenvalue weighted by Crippen LogP contribution is 2.22. The van der Waals surface area contributed by atoms with Crippen LogP contribution in [0.5, 0.6) is 0 Å². The van der Waals surface area contributed by atoms with Crippen LogP contribution in [0.25, 0.3) is 0 Å². The fraction of sp³-hybridized carbons (Fsp3) is 0.846. The predicted octanol–water partition coefficient (Wildman–Crippen LogP) is 1.000. The smallest absolute Gasteiger partial charge is 0.315 e. The van der Waals surface area contributed by atoms with Gasteiger partial charge in [-0.3, -0.25) is 4.79 Å². The minimum atomic E-state index is -3.03. The maximum atomic E-state index is 11.7. The van der Waals surface area contributed by atoms with Gasteiger partial charge in [0, 0.05) is 18.8 Å². The third-order valence-corrected chi connectivity index (χ3v) is 3.62. The molecule has 0 rings (SSSR count). The van der Waals surface area contributed by atoms with Crippen LogP contribution in [-0.4, -0.2) is 50.1 Å². The van der Waals surface area contributed by atoms with E-state index in [1.807, 2.05) is 20.8 Å². The van der Waals surface area contributed by atoms with Crippen molar-refractivity contribution in [2.75, 3.05) is 18.6 Å². The Labute approximate surface area is 126 Å². The summed E-state index contributed by atoms with van der Waals surface area (Å²) in [6.45, 7) is 6.13. The summed E-state index contributed by atoms with van der Waals surface area (Å²) in [6, 6.07) is -0.934. The Morgan fingerprint density at radius 2 is 1.81 bits per heavy atom. The van der Waals surface area contributed by atoms with Gasteiger partial charge < -0.3 is 15.7 Å². The second-order valence-corrected chi connectivity index (χ2v) is 8.70. The fourth-order valence-electron chi connectivity index (χ4n) is 1.90. The standard InChI is InChI=1S/C13H26N2O5S/c1-13(2,3)9-10(8-11(16)17)15-12(18)14-6-5-7-21(4,19)20/h10H,5-9H2,1-4H3,(H,16,17)(H2,14,15,18). The number of hydrogen-bond acceptors (Lipinski definition) is 4. The molecule has 7 nitrogen and oxygen atoms in total. The molecule has 124 valence electrons. The summed E-state index contributed by atoms with van der Waals surface area (Å²) in [5.74, 6) is -0.963. The molecule has 21 heavy (non-hydrogen) atoms. The van der Waals surface area contributed by atoms with Gasteiger partial charge in [0.2, 0.25) is 0 Å². The lowest BCUT2D eigenvalue weighted by atomic mass is 9.87. The van der Waals surface area contributed by atoms with Crippen molar-refractivity contribution in [1.29, 1.82) is 0 Å². The van der Waals surface area contributed by atoms with Crippen molar-refractivity contribution < 1.29 is 23.1 Å². The van der Waals surface area contributed by atoms with Crippen LogP contribution in [0.1, 0.15) is 40.0 Å². The van der Waals surface area contributed by atoms with Crippen LogP contribution >= 0.6 is 0 Å². The number of rotatable bonds is 8. The Hall–Kier alpha value is -1.31. The zero-order valence-corrected chi connectivity index (χ0v) is 13.9. The number of nitrogens with one attached hydrogen (secondary N) is 2. The minimum absolute atomic E-state index is 0.00776. The maximum absolute atomic E-state index is 11.7. The Balaban J connectivity index is 4.24. The second-order valence-electron chi connectivity index (χ2n) is 6.44. The van der Waals surface area contributed by atoms with Gasteiger partial charge in [-0.1, -0.05) is 20.8 Å². The Morgan fingerprint density at radius 3 is 2.24 bits per heavy atom. The van der Waals surface area contributed by atoms with Crippen LogP contribution in [0.2, 0.25) is 0 Å². The van der Waals surface area contributed by atoms with E-state index >= 15 is 0 Å². The molecule has 0 bridgehead atoms. The number of carbonyl (C=O) groups is 2. The molecule has 0 fully saturated rings. The molecule has 0 aliphatic carbocycles. The number of urea groups is 1. The zero-order valence-electron chi connectivity index (χ0n) is 13.1. The number of carboxylic acid groups (broad SMARTS) is 1. The van der Waals surface area contributed by atoms with Crippen molar-refractivity contribution in [3.63, 3.8) is 0 Å². The van der Waals surface area contributed by atoms with E-state index in [9.17, 15) is 18.0 Å². The lowest BCUT2D eigenvalue weighted by molar-refractivity contribution is -0.137. The predicted molar refractivity (Wildman–Crippen MR) is 81.0 cm³/mol. The van der Waals surface area contributed by atoms with E-state index in [0.29, 0.717) is 12.8 Å². The van der Waals surface area contributed by atoms with Crippen molar-refractivity contribution in [3.05, 3.63) is 0 Å². The average Bonchev–Trinajstić information content (AvgIpc) is 2.19. The maximum Gasteiger partial charge on any atom is 0.315 e. The largest absolute Gasteiger partial charge is 0.481 e. The summed E-state index contributed by atoms with van der Waals surface area (Å²) >= 11 is 0. The van der Waals surface area contributed by atoms with Crippen molar-refractivity contribution in [1.82, 2.24) is 10.6 Å². The van der Waals surface area contributed by atoms with Gasteiger partial charge >= 0.3 is 12.0 Å². The first-order chi connectivity index (χ1) is 9.39. The summed E-state index contributed by atoms with van der Waals surface area (Å²) in [7, 11) is -3.03. The van der Waals surface area contributed by atoms with Crippen LogP contribution in [0.3, 0.4) is 0 Å². The summed E-state index contributed by atoms with van der Waals surface area (Å²) in [5.41, 5.74) is -0.107. The molecule has 3 N–H and O–H groups in total. The molecule has 1 unspecified atom stereocenters. The number of amides is 2. The lowest BCUT2D eigenvalue weighted by Crippen LogP contribution is -2.45. The van der Waals surface area contributed by atoms with Gasteiger partial charge in [-0.25, -0.2) is 13.2 Å². The summed E-state index contributed by atoms with van der Waals surface area (Å²) in [6.07, 6.45) is 1.86. The number of carbonyl (C=O) groups excluding carboxylic acids is 1. The second kappa shape index (κ2) is 8.21. The minimum Gasteiger partial charge on any atom is -0.481 e. The number of aliphatic carboxylic acids is 1. The van der Waals surface area contributed by atoms with Crippen LogP contribution in [0.15, 0.2) is 0 Å². The van der Waals surface area contributed by atoms with Gasteiger partial charge in [0.1, 0.15) is 9.84 Å². The molecule has 0 spiro atoms. The number of sulfone groups is 1. The first-order valence-electron chi connectivity index (χ1n) is 6.83. The quantitative estimate of drug-likeness (QED) is 0.577.